The Labute approximate surface area is 294 Å². The summed E-state index contributed by atoms with van der Waals surface area (Å²) in [7, 11) is 1.21. The Bertz CT molecular complexity index is 1880. The molecule has 1 N–H and O–H groups in total. The van der Waals surface area contributed by atoms with Crippen LogP contribution in [0.25, 0.3) is 16.3 Å². The lowest BCUT2D eigenvalue weighted by atomic mass is 9.86. The van der Waals surface area contributed by atoms with E-state index in [9.17, 15) is 18.7 Å². The Hall–Kier alpha value is -5.29. The average molecular weight is 687 g/mol. The highest BCUT2D eigenvalue weighted by Crippen LogP contribution is 2.30. The van der Waals surface area contributed by atoms with Gasteiger partial charge in [0.1, 0.15) is 5.69 Å². The maximum absolute atomic E-state index is 14.3. The highest BCUT2D eigenvalue weighted by Gasteiger charge is 2.23. The molecule has 0 saturated carbocycles. The number of methoxy groups -OCH3 is 1. The topological polar surface area (TPSA) is 110 Å². The van der Waals surface area contributed by atoms with Crippen molar-refractivity contribution < 1.29 is 23.4 Å². The Morgan fingerprint density at radius 3 is 1.66 bits per heavy atom. The summed E-state index contributed by atoms with van der Waals surface area (Å²) < 4.78 is 34.7. The maximum Gasteiger partial charge on any atom is 0.359 e. The monoisotopic (exact) mass is 686 g/mol. The summed E-state index contributed by atoms with van der Waals surface area (Å²) in [5, 5.41) is 26.9. The van der Waals surface area contributed by atoms with Crippen LogP contribution in [0.2, 0.25) is 0 Å². The molecule has 0 radical (unpaired) electrons. The molecular weight excluding hydrogens is 638 g/mol. The molecule has 2 heterocycles. The predicted octanol–water partition coefficient (Wildman–Crippen LogP) is 9.14. The summed E-state index contributed by atoms with van der Waals surface area (Å²) in [6, 6.07) is 17.8. The number of halogens is 2. The zero-order valence-corrected chi connectivity index (χ0v) is 30.9. The van der Waals surface area contributed by atoms with Gasteiger partial charge in [-0.3, -0.25) is 9.36 Å². The van der Waals surface area contributed by atoms with Gasteiger partial charge in [-0.05, 0) is 60.8 Å². The summed E-state index contributed by atoms with van der Waals surface area (Å²) in [6.07, 6.45) is 0.504. The molecule has 2 aromatic carbocycles. The van der Waals surface area contributed by atoms with E-state index in [0.29, 0.717) is 25.1 Å². The molecule has 0 aliphatic heterocycles. The van der Waals surface area contributed by atoms with Crippen LogP contribution in [0.4, 0.5) is 8.78 Å². The Balaban J connectivity index is 0.000000283. The van der Waals surface area contributed by atoms with Crippen LogP contribution in [0.1, 0.15) is 105 Å². The SMILES string of the molecule is CC(C)(C)c1ccc(CC#N)cc1.CCn1nc(C)c(F)c1C(=O)OC.[C-]#[N+]C(=C(O)c1c(F)c(C)nn1CC)c1ccc(C(C)(C)C)cc1. The number of hydrogen-bond donors (Lipinski definition) is 1. The summed E-state index contributed by atoms with van der Waals surface area (Å²) in [5.41, 5.74) is 4.55. The van der Waals surface area contributed by atoms with Crippen LogP contribution in [-0.4, -0.2) is 37.7 Å². The maximum atomic E-state index is 14.3. The minimum absolute atomic E-state index is 0.00733. The van der Waals surface area contributed by atoms with Crippen molar-refractivity contribution in [2.24, 2.45) is 0 Å². The number of aryl methyl sites for hydroxylation is 4. The van der Waals surface area contributed by atoms with Gasteiger partial charge in [0, 0.05) is 13.1 Å². The zero-order chi connectivity index (χ0) is 38.0. The molecule has 0 aliphatic rings. The number of aromatic nitrogens is 4. The number of carbonyl (C=O) groups is 1. The van der Waals surface area contributed by atoms with E-state index in [1.807, 2.05) is 24.3 Å². The molecule has 11 heteroatoms. The van der Waals surface area contributed by atoms with Gasteiger partial charge >= 0.3 is 5.97 Å². The molecule has 0 bridgehead atoms. The van der Waals surface area contributed by atoms with Gasteiger partial charge in [-0.15, -0.1) is 0 Å². The second-order valence-corrected chi connectivity index (χ2v) is 13.5. The molecule has 50 heavy (non-hydrogen) atoms. The molecule has 4 aromatic rings. The number of nitrogens with zero attached hydrogens (tertiary/aromatic N) is 6. The molecule has 266 valence electrons. The van der Waals surface area contributed by atoms with Gasteiger partial charge in [-0.25, -0.2) is 18.4 Å². The lowest BCUT2D eigenvalue weighted by Crippen LogP contribution is -2.12. The van der Waals surface area contributed by atoms with Crippen LogP contribution in [0, 0.1) is 43.4 Å². The van der Waals surface area contributed by atoms with E-state index in [-0.39, 0.29) is 45.1 Å². The van der Waals surface area contributed by atoms with Crippen molar-refractivity contribution in [3.05, 3.63) is 117 Å². The van der Waals surface area contributed by atoms with E-state index in [1.165, 1.54) is 35.9 Å². The third-order valence-corrected chi connectivity index (χ3v) is 7.77. The second kappa shape index (κ2) is 17.4. The fourth-order valence-corrected chi connectivity index (χ4v) is 4.80. The van der Waals surface area contributed by atoms with E-state index in [1.54, 1.807) is 26.0 Å². The normalized spacial score (nSPS) is 11.6. The number of aliphatic hydroxyl groups is 1. The van der Waals surface area contributed by atoms with Crippen LogP contribution in [0.3, 0.4) is 0 Å². The molecule has 4 rings (SSSR count). The molecule has 2 aromatic heterocycles. The predicted molar refractivity (Wildman–Crippen MR) is 192 cm³/mol. The molecule has 0 atom stereocenters. The molecule has 0 fully saturated rings. The van der Waals surface area contributed by atoms with Gasteiger partial charge in [0.15, 0.2) is 23.1 Å². The van der Waals surface area contributed by atoms with Gasteiger partial charge < -0.3 is 9.84 Å². The lowest BCUT2D eigenvalue weighted by molar-refractivity contribution is 0.0581. The highest BCUT2D eigenvalue weighted by atomic mass is 19.1. The number of benzene rings is 2. The summed E-state index contributed by atoms with van der Waals surface area (Å²) in [5.74, 6) is -2.27. The van der Waals surface area contributed by atoms with E-state index >= 15 is 0 Å². The van der Waals surface area contributed by atoms with Crippen molar-refractivity contribution in [2.75, 3.05) is 7.11 Å². The van der Waals surface area contributed by atoms with Crippen molar-refractivity contribution in [2.45, 2.75) is 99.6 Å². The van der Waals surface area contributed by atoms with Crippen molar-refractivity contribution in [3.8, 4) is 6.07 Å². The van der Waals surface area contributed by atoms with Crippen LogP contribution in [-0.2, 0) is 35.1 Å². The van der Waals surface area contributed by atoms with E-state index < -0.39 is 17.6 Å². The summed E-state index contributed by atoms with van der Waals surface area (Å²) in [6.45, 7) is 27.7. The number of nitriles is 1. The molecular formula is C39H48F2N6O3. The van der Waals surface area contributed by atoms with E-state index in [4.69, 9.17) is 11.8 Å². The van der Waals surface area contributed by atoms with Gasteiger partial charge in [-0.2, -0.15) is 15.5 Å². The summed E-state index contributed by atoms with van der Waals surface area (Å²) in [4.78, 5) is 14.5. The Morgan fingerprint density at radius 1 is 0.860 bits per heavy atom. The van der Waals surface area contributed by atoms with Crippen molar-refractivity contribution >= 4 is 17.4 Å². The van der Waals surface area contributed by atoms with Crippen LogP contribution in [0.15, 0.2) is 48.5 Å². The van der Waals surface area contributed by atoms with E-state index in [2.05, 4.69) is 79.5 Å². The average Bonchev–Trinajstić information content (AvgIpc) is 3.53. The number of aliphatic hydroxyl groups excluding tert-OH is 1. The third-order valence-electron chi connectivity index (χ3n) is 7.77. The van der Waals surface area contributed by atoms with Gasteiger partial charge in [0.05, 0.1) is 37.6 Å². The van der Waals surface area contributed by atoms with Crippen molar-refractivity contribution in [3.63, 3.8) is 0 Å². The standard InChI is InChI=1S/C19H22FN3O.C12H15N.C8H11FN2O2/c1-7-23-17(15(20)12(2)22-23)18(24)16(21-6)13-8-10-14(11-9-13)19(3,4)5;1-12(2,3)11-6-4-10(5-7-11)8-9-13;1-4-11-7(8(12)13-3)6(9)5(2)10-11/h8-11,24H,7H2,1-5H3;4-7H,8H2,1-3H3;4H2,1-3H3. The molecule has 0 amide bonds. The summed E-state index contributed by atoms with van der Waals surface area (Å²) >= 11 is 0. The zero-order valence-electron chi connectivity index (χ0n) is 30.9. The smallest absolute Gasteiger partial charge is 0.359 e. The first-order valence-corrected chi connectivity index (χ1v) is 16.3. The quantitative estimate of drug-likeness (QED) is 0.123. The highest BCUT2D eigenvalue weighted by molar-refractivity contribution is 5.89. The van der Waals surface area contributed by atoms with Crippen LogP contribution >= 0.6 is 0 Å². The van der Waals surface area contributed by atoms with Crippen LogP contribution < -0.4 is 0 Å². The van der Waals surface area contributed by atoms with Crippen molar-refractivity contribution in [1.29, 1.82) is 5.26 Å². The minimum Gasteiger partial charge on any atom is -0.517 e. The lowest BCUT2D eigenvalue weighted by Gasteiger charge is -2.19. The first kappa shape index (κ1) is 40.9. The third kappa shape index (κ3) is 10.1. The van der Waals surface area contributed by atoms with Crippen LogP contribution in [0.5, 0.6) is 0 Å². The first-order chi connectivity index (χ1) is 23.4. The Kier molecular flexibility index (Phi) is 14.2. The molecule has 9 nitrogen and oxygen atoms in total. The van der Waals surface area contributed by atoms with Gasteiger partial charge in [0.2, 0.25) is 5.70 Å². The largest absolute Gasteiger partial charge is 0.517 e. The fourth-order valence-electron chi connectivity index (χ4n) is 4.80. The molecule has 0 unspecified atom stereocenters. The number of carbonyl (C=O) groups excluding carboxylic acids is 1. The fraction of sp³-hybridized carbons (Fsp3) is 0.410. The molecule has 0 saturated heterocycles. The number of hydrogen-bond acceptors (Lipinski definition) is 6. The van der Waals surface area contributed by atoms with Crippen molar-refractivity contribution in [1.82, 2.24) is 19.6 Å². The van der Waals surface area contributed by atoms with Gasteiger partial charge in [0.25, 0.3) is 0 Å². The second-order valence-electron chi connectivity index (χ2n) is 13.5. The number of esters is 1. The molecule has 0 aliphatic carbocycles. The Morgan fingerprint density at radius 2 is 1.28 bits per heavy atom. The molecule has 0 spiro atoms. The number of rotatable bonds is 6. The van der Waals surface area contributed by atoms with E-state index in [0.717, 1.165) is 11.1 Å². The number of ether oxygens (including phenoxy) is 1. The first-order valence-electron chi connectivity index (χ1n) is 16.3. The minimum atomic E-state index is -0.694. The van der Waals surface area contributed by atoms with Gasteiger partial charge in [-0.1, -0.05) is 90.1 Å².